The average Bonchev–Trinajstić information content (AvgIpc) is 1.73. The molecular formula is C90H88Cl3N25O7. The SMILES string of the molecule is C/C=C/C(=O)N(c1ccc(CN2CCc3cnc(Nc4cn(C)nc4Cl)nc3N(c3cccc(NC(=O)/C(=C/CN4CCCCC4)c4ccc(CN5CCc6cnc(Nc7cn(C)nc7Cl)nc6N(c6cccc(NC(=O)/C=C/COC)c6)C5=O)cc4)c3)C2=O)cc1)c1cccc(N2C(=O)N(Cc3ccccc3)CCc3cnc(Nc4cn(C)nc4Cl)nc32)c1. The molecule has 4 aliphatic rings. The predicted octanol–water partition coefficient (Wildman–Crippen LogP) is 16.3. The third-order valence-electron chi connectivity index (χ3n) is 21.4. The number of urea groups is 3. The molecular weight excluding hydrogens is 1650 g/mol. The molecule has 9 amide bonds. The van der Waals surface area contributed by atoms with Crippen molar-refractivity contribution in [1.29, 1.82) is 0 Å². The molecule has 1 saturated heterocycles. The largest absolute Gasteiger partial charge is 0.381 e. The van der Waals surface area contributed by atoms with E-state index in [-0.39, 0.29) is 89.8 Å². The lowest BCUT2D eigenvalue weighted by Crippen LogP contribution is -2.40. The first-order valence-electron chi connectivity index (χ1n) is 40.7. The van der Waals surface area contributed by atoms with Crippen molar-refractivity contribution in [1.82, 2.24) is 78.8 Å². The number of hydrogen-bond donors (Lipinski definition) is 5. The zero-order valence-corrected chi connectivity index (χ0v) is 71.3. The van der Waals surface area contributed by atoms with E-state index in [4.69, 9.17) is 59.5 Å². The van der Waals surface area contributed by atoms with Crippen molar-refractivity contribution in [3.63, 3.8) is 0 Å². The van der Waals surface area contributed by atoms with Gasteiger partial charge in [0.25, 0.3) is 11.8 Å². The third kappa shape index (κ3) is 19.7. The van der Waals surface area contributed by atoms with Crippen LogP contribution in [0.25, 0.3) is 5.57 Å². The Morgan fingerprint density at radius 3 is 1.38 bits per heavy atom. The van der Waals surface area contributed by atoms with E-state index in [9.17, 15) is 9.59 Å². The average molecular weight is 1740 g/mol. The standard InChI is InChI=1S/C90H88Cl3N25O7/c1-6-17-77(120)115(70-24-15-25-71(48-70)118-83-64(35-42-112(90(118)124)52-58-18-9-7-10-19-58)51-96-87(104-83)101-75-57-110(4)107-80(75)93)67-33-29-60(30-34-67)54-114-44-37-63-50-95-86(100-74-56-109(3)106-79(74)92)103-82(63)117(89(114)123)69-23-14-21-66(47-69)98-84(121)72(38-41-111-39-11-8-12-40-111)61-31-27-59(28-32-61)53-113-43-36-62-49-94-85(99-73-55-108(2)105-78(73)91)102-81(62)116(88(113)122)68-22-13-20-65(46-68)97-76(119)26-16-45-125-5/h6-7,9-10,13-34,38,46-51,55-57H,8,11-12,35-37,39-45,52-54H2,1-5H3,(H,97,119)(H,98,121)(H,94,99,102)(H,95,100,103)(H,96,101,104)/b17-6+,26-16+,72-38+. The normalized spacial score (nSPS) is 14.6. The molecule has 35 heteroatoms. The number of allylic oxidation sites excluding steroid dienone is 1. The number of amides is 9. The molecule has 6 aromatic heterocycles. The van der Waals surface area contributed by atoms with Crippen LogP contribution in [0.5, 0.6) is 0 Å². The fraction of sp³-hybridized carbons (Fsp3) is 0.233. The number of rotatable bonds is 27. The number of nitrogens with one attached hydrogen (secondary N) is 5. The molecule has 12 aromatic rings. The second-order valence-electron chi connectivity index (χ2n) is 30.3. The van der Waals surface area contributed by atoms with Crippen molar-refractivity contribution in [3.8, 4) is 0 Å². The van der Waals surface area contributed by atoms with Gasteiger partial charge in [-0.2, -0.15) is 30.2 Å². The molecule has 0 atom stereocenters. The van der Waals surface area contributed by atoms with Crippen LogP contribution in [0.15, 0.2) is 219 Å². The fourth-order valence-corrected chi connectivity index (χ4v) is 16.0. The summed E-state index contributed by atoms with van der Waals surface area (Å²) in [5, 5.41) is 29.0. The highest BCUT2D eigenvalue weighted by atomic mass is 35.5. The summed E-state index contributed by atoms with van der Waals surface area (Å²) in [4.78, 5) is 132. The highest BCUT2D eigenvalue weighted by Gasteiger charge is 2.37. The monoisotopic (exact) mass is 1740 g/mol. The Hall–Kier alpha value is -14.2. The lowest BCUT2D eigenvalue weighted by Gasteiger charge is -2.29. The second-order valence-corrected chi connectivity index (χ2v) is 31.4. The topological polar surface area (TPSA) is 329 Å². The third-order valence-corrected chi connectivity index (χ3v) is 22.2. The van der Waals surface area contributed by atoms with E-state index >= 15 is 19.2 Å². The highest BCUT2D eigenvalue weighted by Crippen LogP contribution is 2.41. The lowest BCUT2D eigenvalue weighted by molar-refractivity contribution is -0.113. The predicted molar refractivity (Wildman–Crippen MR) is 483 cm³/mol. The van der Waals surface area contributed by atoms with Gasteiger partial charge in [-0.25, -0.2) is 44.0 Å². The number of aromatic nitrogens is 12. The minimum Gasteiger partial charge on any atom is -0.381 e. The van der Waals surface area contributed by atoms with E-state index in [0.29, 0.717) is 135 Å². The molecule has 125 heavy (non-hydrogen) atoms. The van der Waals surface area contributed by atoms with E-state index in [2.05, 4.69) is 56.7 Å². The summed E-state index contributed by atoms with van der Waals surface area (Å²) in [6.07, 6.45) is 22.6. The first-order valence-corrected chi connectivity index (χ1v) is 41.8. The van der Waals surface area contributed by atoms with Crippen LogP contribution in [-0.2, 0) is 79.2 Å². The van der Waals surface area contributed by atoms with Gasteiger partial charge in [0, 0.05) is 157 Å². The number of piperidine rings is 1. The molecule has 1 fully saturated rings. The molecule has 0 saturated carbocycles. The van der Waals surface area contributed by atoms with Gasteiger partial charge in [0.1, 0.15) is 17.5 Å². The van der Waals surface area contributed by atoms with Gasteiger partial charge >= 0.3 is 18.1 Å². The van der Waals surface area contributed by atoms with Gasteiger partial charge in [-0.15, -0.1) is 0 Å². The number of ether oxygens (including phenoxy) is 1. The van der Waals surface area contributed by atoms with E-state index in [1.54, 1.807) is 189 Å². The smallest absolute Gasteiger partial charge is 0.330 e. The first kappa shape index (κ1) is 84.4. The Balaban J connectivity index is 0.673. The maximum atomic E-state index is 15.9. The van der Waals surface area contributed by atoms with Gasteiger partial charge in [0.2, 0.25) is 23.8 Å². The number of likely N-dealkylation sites (tertiary alicyclic amines) is 1. The Morgan fingerprint density at radius 1 is 0.488 bits per heavy atom. The van der Waals surface area contributed by atoms with E-state index in [1.165, 1.54) is 29.1 Å². The molecule has 16 rings (SSSR count). The summed E-state index contributed by atoms with van der Waals surface area (Å²) < 4.78 is 9.77. The summed E-state index contributed by atoms with van der Waals surface area (Å²) in [7, 11) is 6.76. The van der Waals surface area contributed by atoms with Crippen LogP contribution in [0.4, 0.5) is 107 Å². The van der Waals surface area contributed by atoms with E-state index < -0.39 is 18.0 Å². The molecule has 4 aliphatic heterocycles. The van der Waals surface area contributed by atoms with Crippen molar-refractivity contribution in [2.45, 2.75) is 65.1 Å². The van der Waals surface area contributed by atoms with Crippen LogP contribution in [0.1, 0.15) is 65.1 Å². The highest BCUT2D eigenvalue weighted by molar-refractivity contribution is 6.33. The Kier molecular flexibility index (Phi) is 25.7. The number of halogens is 3. The molecule has 0 aliphatic carbocycles. The van der Waals surface area contributed by atoms with Crippen LogP contribution in [0, 0.1) is 0 Å². The molecule has 0 unspecified atom stereocenters. The minimum atomic E-state index is -0.436. The van der Waals surface area contributed by atoms with Gasteiger partial charge in [-0.3, -0.25) is 38.2 Å². The number of nitrogens with zero attached hydrogens (tertiary/aromatic N) is 20. The molecule has 0 radical (unpaired) electrons. The number of methoxy groups -OCH3 is 1. The van der Waals surface area contributed by atoms with E-state index in [0.717, 1.165) is 49.0 Å². The van der Waals surface area contributed by atoms with Crippen molar-refractivity contribution >= 4 is 168 Å². The van der Waals surface area contributed by atoms with Gasteiger partial charge in [0.15, 0.2) is 15.5 Å². The molecule has 32 nitrogen and oxygen atoms in total. The van der Waals surface area contributed by atoms with Crippen molar-refractivity contribution in [2.24, 2.45) is 21.1 Å². The van der Waals surface area contributed by atoms with Crippen LogP contribution in [0.3, 0.4) is 0 Å². The number of fused-ring (bicyclic) bond motifs is 3. The molecule has 0 bridgehead atoms. The molecule has 5 N–H and O–H groups in total. The Morgan fingerprint density at radius 2 is 0.928 bits per heavy atom. The maximum Gasteiger partial charge on any atom is 0.330 e. The summed E-state index contributed by atoms with van der Waals surface area (Å²) in [6, 6.07) is 44.7. The van der Waals surface area contributed by atoms with Crippen LogP contribution in [0.2, 0.25) is 15.5 Å². The quantitative estimate of drug-likeness (QED) is 0.0299. The van der Waals surface area contributed by atoms with Gasteiger partial charge in [-0.1, -0.05) is 144 Å². The number of carbonyl (C=O) groups excluding carboxylic acids is 6. The number of hydrogen-bond acceptors (Lipinski definition) is 20. The van der Waals surface area contributed by atoms with Crippen molar-refractivity contribution in [2.75, 3.05) is 99.2 Å². The number of benzene rings is 6. The fourth-order valence-electron chi connectivity index (χ4n) is 15.3. The summed E-state index contributed by atoms with van der Waals surface area (Å²) in [5.41, 5.74) is 9.92. The summed E-state index contributed by atoms with van der Waals surface area (Å²) in [5.74, 6) is 0.307. The molecule has 10 heterocycles. The van der Waals surface area contributed by atoms with Gasteiger partial charge in [-0.05, 0) is 147 Å². The van der Waals surface area contributed by atoms with E-state index in [1.807, 2.05) is 84.9 Å². The van der Waals surface area contributed by atoms with Crippen LogP contribution in [-0.4, -0.2) is 168 Å². The van der Waals surface area contributed by atoms with Gasteiger partial charge in [0.05, 0.1) is 46.4 Å². The minimum absolute atomic E-state index is 0.109. The van der Waals surface area contributed by atoms with Gasteiger partial charge < -0.3 is 46.0 Å². The molecule has 0 spiro atoms. The van der Waals surface area contributed by atoms with Crippen LogP contribution < -0.4 is 46.2 Å². The Labute approximate surface area is 735 Å². The first-order chi connectivity index (χ1) is 60.7. The number of aryl methyl sites for hydroxylation is 3. The summed E-state index contributed by atoms with van der Waals surface area (Å²) >= 11 is 19.5. The van der Waals surface area contributed by atoms with Crippen LogP contribution >= 0.6 is 34.8 Å². The number of carbonyl (C=O) groups is 6. The zero-order valence-electron chi connectivity index (χ0n) is 69.0. The zero-order chi connectivity index (χ0) is 86.8. The summed E-state index contributed by atoms with van der Waals surface area (Å²) in [6.45, 7) is 5.73. The lowest BCUT2D eigenvalue weighted by atomic mass is 10.0. The Bertz CT molecular complexity index is 6130. The maximum absolute atomic E-state index is 15.9. The molecule has 636 valence electrons. The van der Waals surface area contributed by atoms with Crippen molar-refractivity contribution < 1.29 is 33.5 Å². The van der Waals surface area contributed by atoms with Crippen molar-refractivity contribution in [3.05, 3.63) is 274 Å². The number of anilines is 16. The molecule has 6 aromatic carbocycles. The second kappa shape index (κ2) is 38.1.